The number of nitrogens with one attached hydrogen (secondary N) is 1. The van der Waals surface area contributed by atoms with Crippen LogP contribution in [0.3, 0.4) is 0 Å². The molecular formula is C25H26ClN3O4S. The molecule has 178 valence electrons. The number of aromatic nitrogens is 2. The van der Waals surface area contributed by atoms with E-state index in [0.717, 1.165) is 49.2 Å². The molecule has 1 atom stereocenters. The van der Waals surface area contributed by atoms with Gasteiger partial charge in [-0.25, -0.2) is 19.0 Å². The van der Waals surface area contributed by atoms with E-state index in [4.69, 9.17) is 21.3 Å². The van der Waals surface area contributed by atoms with Gasteiger partial charge in [-0.2, -0.15) is 0 Å². The first-order valence-electron chi connectivity index (χ1n) is 11.1. The van der Waals surface area contributed by atoms with Crippen molar-refractivity contribution in [1.82, 2.24) is 9.97 Å². The fourth-order valence-electron chi connectivity index (χ4n) is 4.16. The van der Waals surface area contributed by atoms with E-state index < -0.39 is 17.0 Å². The second-order valence-electron chi connectivity index (χ2n) is 8.38. The van der Waals surface area contributed by atoms with Crippen molar-refractivity contribution in [2.24, 2.45) is 5.92 Å². The van der Waals surface area contributed by atoms with E-state index in [1.54, 1.807) is 12.1 Å². The number of rotatable bonds is 7. The Bertz CT molecular complexity index is 1240. The van der Waals surface area contributed by atoms with Gasteiger partial charge in [0.1, 0.15) is 5.15 Å². The highest BCUT2D eigenvalue weighted by Gasteiger charge is 2.21. The number of anilines is 1. The zero-order chi connectivity index (χ0) is 24.2. The third-order valence-corrected chi connectivity index (χ3v) is 7.43. The van der Waals surface area contributed by atoms with Crippen molar-refractivity contribution in [3.63, 3.8) is 0 Å². The summed E-state index contributed by atoms with van der Waals surface area (Å²) in [4.78, 5) is 20.5. The lowest BCUT2D eigenvalue weighted by molar-refractivity contribution is 0.0665. The second-order valence-corrected chi connectivity index (χ2v) is 9.96. The normalized spacial score (nSPS) is 15.1. The zero-order valence-corrected chi connectivity index (χ0v) is 20.6. The number of carboxylic acid groups (broad SMARTS) is 1. The first-order valence-corrected chi connectivity index (χ1v) is 12.6. The van der Waals surface area contributed by atoms with Crippen LogP contribution in [-0.4, -0.2) is 38.5 Å². The number of aromatic carboxylic acids is 1. The molecule has 7 nitrogen and oxygen atoms in total. The fourth-order valence-corrected chi connectivity index (χ4v) is 5.14. The molecular weight excluding hydrogens is 474 g/mol. The lowest BCUT2D eigenvalue weighted by atomic mass is 9.87. The van der Waals surface area contributed by atoms with Crippen LogP contribution in [0.2, 0.25) is 5.15 Å². The molecule has 0 bridgehead atoms. The van der Waals surface area contributed by atoms with Crippen LogP contribution in [0.15, 0.2) is 47.4 Å². The Balaban J connectivity index is 1.68. The van der Waals surface area contributed by atoms with Crippen LogP contribution in [0, 0.1) is 19.8 Å². The summed E-state index contributed by atoms with van der Waals surface area (Å²) >= 11 is 6.48. The van der Waals surface area contributed by atoms with E-state index >= 15 is 0 Å². The molecule has 0 saturated carbocycles. The highest BCUT2D eigenvalue weighted by molar-refractivity contribution is 7.86. The van der Waals surface area contributed by atoms with Gasteiger partial charge in [0.15, 0.2) is 11.0 Å². The number of nitrogens with zero attached hydrogens (tertiary/aromatic N) is 2. The van der Waals surface area contributed by atoms with Crippen LogP contribution < -0.4 is 4.72 Å². The number of halogens is 1. The minimum Gasteiger partial charge on any atom is -0.478 e. The Kier molecular flexibility index (Phi) is 7.60. The smallest absolute Gasteiger partial charge is 0.335 e. The van der Waals surface area contributed by atoms with E-state index in [9.17, 15) is 14.1 Å². The number of ether oxygens (including phenoxy) is 1. The van der Waals surface area contributed by atoms with Crippen molar-refractivity contribution < 1.29 is 18.8 Å². The number of hydrogen-bond donors (Lipinski definition) is 2. The maximum atomic E-state index is 12.9. The monoisotopic (exact) mass is 499 g/mol. The van der Waals surface area contributed by atoms with Crippen molar-refractivity contribution in [1.29, 1.82) is 0 Å². The summed E-state index contributed by atoms with van der Waals surface area (Å²) in [6, 6.07) is 12.1. The standard InChI is InChI=1S/C25H26ClN3O4S/c1-15-5-3-6-18(13-17-9-11-33-12-10-17)21(15)22-16(2)23(26)28-25(27-22)29-34(32)20-8-4-7-19(14-20)24(30)31/h3-8,14,17H,9-13H2,1-2H3,(H,30,31)(H,27,28,29). The minimum absolute atomic E-state index is 0.0499. The number of aryl methyl sites for hydroxylation is 1. The second kappa shape index (κ2) is 10.6. The third kappa shape index (κ3) is 5.46. The molecule has 2 heterocycles. The first kappa shape index (κ1) is 24.3. The van der Waals surface area contributed by atoms with Gasteiger partial charge in [-0.15, -0.1) is 0 Å². The van der Waals surface area contributed by atoms with Gasteiger partial charge in [0.2, 0.25) is 5.95 Å². The van der Waals surface area contributed by atoms with E-state index in [-0.39, 0.29) is 16.7 Å². The summed E-state index contributed by atoms with van der Waals surface area (Å²) in [5.41, 5.74) is 4.76. The van der Waals surface area contributed by atoms with Crippen LogP contribution in [-0.2, 0) is 22.1 Å². The minimum atomic E-state index is -1.77. The van der Waals surface area contributed by atoms with Crippen LogP contribution >= 0.6 is 11.6 Å². The number of carboxylic acids is 1. The van der Waals surface area contributed by atoms with Gasteiger partial charge in [-0.1, -0.05) is 35.9 Å². The Morgan fingerprint density at radius 3 is 2.65 bits per heavy atom. The van der Waals surface area contributed by atoms with Crippen LogP contribution in [0.1, 0.15) is 39.9 Å². The predicted molar refractivity (Wildman–Crippen MR) is 133 cm³/mol. The summed E-state index contributed by atoms with van der Waals surface area (Å²) in [5.74, 6) is -0.434. The quantitative estimate of drug-likeness (QED) is 0.432. The molecule has 0 spiro atoms. The Labute approximate surface area is 206 Å². The topological polar surface area (TPSA) is 101 Å². The predicted octanol–water partition coefficient (Wildman–Crippen LogP) is 5.22. The molecule has 9 heteroatoms. The van der Waals surface area contributed by atoms with Crippen molar-refractivity contribution in [2.75, 3.05) is 17.9 Å². The molecule has 1 aromatic heterocycles. The molecule has 2 aromatic carbocycles. The molecule has 3 aromatic rings. The maximum absolute atomic E-state index is 12.9. The first-order chi connectivity index (χ1) is 16.3. The van der Waals surface area contributed by atoms with Crippen molar-refractivity contribution >= 4 is 34.5 Å². The van der Waals surface area contributed by atoms with Gasteiger partial charge >= 0.3 is 5.97 Å². The highest BCUT2D eigenvalue weighted by Crippen LogP contribution is 2.34. The molecule has 0 aliphatic carbocycles. The van der Waals surface area contributed by atoms with Crippen molar-refractivity contribution in [3.05, 3.63) is 69.9 Å². The number of carbonyl (C=O) groups is 1. The van der Waals surface area contributed by atoms with Crippen LogP contribution in [0.5, 0.6) is 0 Å². The van der Waals surface area contributed by atoms with Crippen molar-refractivity contribution in [2.45, 2.75) is 38.0 Å². The molecule has 4 rings (SSSR count). The van der Waals surface area contributed by atoms with Gasteiger partial charge in [-0.05, 0) is 68.4 Å². The van der Waals surface area contributed by atoms with Gasteiger partial charge in [0.05, 0.1) is 16.2 Å². The van der Waals surface area contributed by atoms with Crippen LogP contribution in [0.25, 0.3) is 11.3 Å². The molecule has 1 unspecified atom stereocenters. The van der Waals surface area contributed by atoms with Gasteiger partial charge in [-0.3, -0.25) is 4.72 Å². The summed E-state index contributed by atoms with van der Waals surface area (Å²) in [7, 11) is -1.77. The molecule has 1 aliphatic heterocycles. The summed E-state index contributed by atoms with van der Waals surface area (Å²) in [6.07, 6.45) is 2.97. The fraction of sp³-hybridized carbons (Fsp3) is 0.320. The molecule has 1 aliphatic rings. The van der Waals surface area contributed by atoms with Gasteiger partial charge < -0.3 is 9.84 Å². The molecule has 0 radical (unpaired) electrons. The van der Waals surface area contributed by atoms with E-state index in [1.807, 2.05) is 19.9 Å². The number of hydrogen-bond acceptors (Lipinski definition) is 5. The van der Waals surface area contributed by atoms with Crippen molar-refractivity contribution in [3.8, 4) is 11.3 Å². The van der Waals surface area contributed by atoms with Crippen LogP contribution in [0.4, 0.5) is 5.95 Å². The Morgan fingerprint density at radius 2 is 1.91 bits per heavy atom. The lowest BCUT2D eigenvalue weighted by Crippen LogP contribution is -2.18. The molecule has 2 N–H and O–H groups in total. The van der Waals surface area contributed by atoms with E-state index in [1.165, 1.54) is 17.7 Å². The zero-order valence-electron chi connectivity index (χ0n) is 19.0. The highest BCUT2D eigenvalue weighted by atomic mass is 35.5. The largest absolute Gasteiger partial charge is 0.478 e. The maximum Gasteiger partial charge on any atom is 0.335 e. The Morgan fingerprint density at radius 1 is 1.18 bits per heavy atom. The average Bonchev–Trinajstić information content (AvgIpc) is 2.82. The van der Waals surface area contributed by atoms with Gasteiger partial charge in [0.25, 0.3) is 0 Å². The number of benzene rings is 2. The SMILES string of the molecule is Cc1cccc(CC2CCOCC2)c1-c1nc(NS(=O)c2cccc(C(=O)O)c2)nc(Cl)c1C. The lowest BCUT2D eigenvalue weighted by Gasteiger charge is -2.24. The summed E-state index contributed by atoms with van der Waals surface area (Å²) in [6.45, 7) is 5.49. The van der Waals surface area contributed by atoms with E-state index in [0.29, 0.717) is 16.5 Å². The molecule has 34 heavy (non-hydrogen) atoms. The van der Waals surface area contributed by atoms with E-state index in [2.05, 4.69) is 21.8 Å². The molecule has 1 fully saturated rings. The Hall–Kier alpha value is -2.81. The molecule has 1 saturated heterocycles. The average molecular weight is 500 g/mol. The summed E-state index contributed by atoms with van der Waals surface area (Å²) < 4.78 is 21.2. The van der Waals surface area contributed by atoms with Gasteiger partial charge in [0, 0.05) is 24.3 Å². The molecule has 0 amide bonds. The third-order valence-electron chi connectivity index (χ3n) is 6.01. The summed E-state index contributed by atoms with van der Waals surface area (Å²) in [5, 5.41) is 9.48.